The number of benzene rings is 1. The van der Waals surface area contributed by atoms with Crippen LogP contribution in [0.15, 0.2) is 24.3 Å². The van der Waals surface area contributed by atoms with Gasteiger partial charge in [0.05, 0.1) is 18.1 Å². The quantitative estimate of drug-likeness (QED) is 0.854. The van der Waals surface area contributed by atoms with E-state index in [0.29, 0.717) is 18.1 Å². The van der Waals surface area contributed by atoms with Gasteiger partial charge in [0.25, 0.3) is 0 Å². The number of nitrogens with one attached hydrogen (secondary N) is 1. The molecule has 2 bridgehead atoms. The number of hydrogen-bond acceptors (Lipinski definition) is 4. The van der Waals surface area contributed by atoms with Gasteiger partial charge in [-0.1, -0.05) is 25.0 Å². The highest BCUT2D eigenvalue weighted by Crippen LogP contribution is 2.38. The van der Waals surface area contributed by atoms with Crippen LogP contribution >= 0.6 is 0 Å². The van der Waals surface area contributed by atoms with Crippen molar-refractivity contribution < 1.29 is 14.4 Å². The van der Waals surface area contributed by atoms with Gasteiger partial charge in [0, 0.05) is 25.7 Å². The van der Waals surface area contributed by atoms with Crippen molar-refractivity contribution in [2.75, 3.05) is 0 Å². The number of fused-ring (bicyclic) bond motifs is 2. The summed E-state index contributed by atoms with van der Waals surface area (Å²) in [5, 5.41) is 23.9. The van der Waals surface area contributed by atoms with E-state index in [2.05, 4.69) is 20.2 Å². The van der Waals surface area contributed by atoms with Crippen LogP contribution in [-0.2, 0) is 12.1 Å². The first kappa shape index (κ1) is 17.3. The molecular weight excluding hydrogens is 345 g/mol. The number of quaternary nitrogens is 1. The normalized spacial score (nSPS) is 33.6. The molecule has 1 aliphatic carbocycles. The molecular formula is C20H27FN5O+. The lowest BCUT2D eigenvalue weighted by atomic mass is 9.80. The van der Waals surface area contributed by atoms with E-state index in [0.717, 1.165) is 43.6 Å². The van der Waals surface area contributed by atoms with Gasteiger partial charge in [0.2, 0.25) is 5.82 Å². The van der Waals surface area contributed by atoms with Gasteiger partial charge in [0.1, 0.15) is 18.0 Å². The SMILES string of the molecule is OC1(c2ccc(F)cc2)C[C@H]2CC[C@@H](C1)[NH+]2Cc1nnnn1C1CCCC1. The summed E-state index contributed by atoms with van der Waals surface area (Å²) in [6, 6.07) is 7.61. The third kappa shape index (κ3) is 3.06. The molecule has 2 aromatic rings. The number of aromatic nitrogens is 4. The zero-order valence-corrected chi connectivity index (χ0v) is 15.5. The van der Waals surface area contributed by atoms with Crippen LogP contribution in [0.4, 0.5) is 4.39 Å². The molecule has 2 unspecified atom stereocenters. The van der Waals surface area contributed by atoms with Crippen molar-refractivity contribution in [2.24, 2.45) is 0 Å². The van der Waals surface area contributed by atoms with Crippen molar-refractivity contribution in [3.8, 4) is 0 Å². The second kappa shape index (κ2) is 6.63. The Morgan fingerprint density at radius 1 is 1.07 bits per heavy atom. The van der Waals surface area contributed by atoms with Crippen LogP contribution in [0.25, 0.3) is 0 Å². The van der Waals surface area contributed by atoms with Gasteiger partial charge in [-0.05, 0) is 41.0 Å². The molecule has 3 aliphatic rings. The summed E-state index contributed by atoms with van der Waals surface area (Å²) in [6.07, 6.45) is 8.54. The fourth-order valence-electron chi connectivity index (χ4n) is 5.70. The molecule has 2 aliphatic heterocycles. The lowest BCUT2D eigenvalue weighted by Gasteiger charge is -2.41. The number of halogens is 1. The van der Waals surface area contributed by atoms with E-state index in [1.165, 1.54) is 42.7 Å². The Hall–Kier alpha value is -1.86. The molecule has 1 saturated carbocycles. The van der Waals surface area contributed by atoms with E-state index >= 15 is 0 Å². The Bertz CT molecular complexity index is 787. The molecule has 7 heteroatoms. The van der Waals surface area contributed by atoms with Crippen molar-refractivity contribution in [3.05, 3.63) is 41.5 Å². The fraction of sp³-hybridized carbons (Fsp3) is 0.650. The lowest BCUT2D eigenvalue weighted by Crippen LogP contribution is -3.17. The predicted molar refractivity (Wildman–Crippen MR) is 96.3 cm³/mol. The molecule has 3 fully saturated rings. The third-order valence-corrected chi connectivity index (χ3v) is 7.06. The summed E-state index contributed by atoms with van der Waals surface area (Å²) in [6.45, 7) is 0.832. The molecule has 27 heavy (non-hydrogen) atoms. The Morgan fingerprint density at radius 2 is 1.74 bits per heavy atom. The monoisotopic (exact) mass is 372 g/mol. The number of piperidine rings is 1. The first-order chi connectivity index (χ1) is 13.1. The zero-order valence-electron chi connectivity index (χ0n) is 15.5. The lowest BCUT2D eigenvalue weighted by molar-refractivity contribution is -0.958. The predicted octanol–water partition coefficient (Wildman–Crippen LogP) is 1.52. The van der Waals surface area contributed by atoms with Gasteiger partial charge in [-0.15, -0.1) is 5.10 Å². The van der Waals surface area contributed by atoms with Gasteiger partial charge < -0.3 is 10.0 Å². The molecule has 6 nitrogen and oxygen atoms in total. The van der Waals surface area contributed by atoms with Crippen molar-refractivity contribution >= 4 is 0 Å². The molecule has 3 heterocycles. The van der Waals surface area contributed by atoms with Crippen LogP contribution < -0.4 is 4.90 Å². The maximum Gasteiger partial charge on any atom is 0.206 e. The number of tetrazole rings is 1. The molecule has 0 amide bonds. The molecule has 1 aromatic heterocycles. The van der Waals surface area contributed by atoms with Crippen LogP contribution in [0, 0.1) is 5.82 Å². The maximum atomic E-state index is 13.3. The molecule has 0 radical (unpaired) electrons. The van der Waals surface area contributed by atoms with Crippen LogP contribution in [0.3, 0.4) is 0 Å². The average molecular weight is 372 g/mol. The van der Waals surface area contributed by atoms with Gasteiger partial charge in [0.15, 0.2) is 0 Å². The molecule has 0 spiro atoms. The summed E-state index contributed by atoms with van der Waals surface area (Å²) in [5.74, 6) is 0.730. The van der Waals surface area contributed by atoms with Crippen LogP contribution in [0.2, 0.25) is 0 Å². The summed E-state index contributed by atoms with van der Waals surface area (Å²) in [7, 11) is 0. The summed E-state index contributed by atoms with van der Waals surface area (Å²) in [5.41, 5.74) is -0.00363. The van der Waals surface area contributed by atoms with Gasteiger partial charge in [-0.25, -0.2) is 9.07 Å². The van der Waals surface area contributed by atoms with Crippen molar-refractivity contribution in [3.63, 3.8) is 0 Å². The highest BCUT2D eigenvalue weighted by Gasteiger charge is 2.51. The molecule has 5 rings (SSSR count). The molecule has 144 valence electrons. The van der Waals surface area contributed by atoms with E-state index in [9.17, 15) is 9.50 Å². The highest BCUT2D eigenvalue weighted by molar-refractivity contribution is 5.24. The number of nitrogens with zero attached hydrogens (tertiary/aromatic N) is 4. The maximum absolute atomic E-state index is 13.3. The summed E-state index contributed by atoms with van der Waals surface area (Å²) in [4.78, 5) is 1.51. The number of aliphatic hydroxyl groups is 1. The van der Waals surface area contributed by atoms with Crippen LogP contribution in [0.1, 0.15) is 68.8 Å². The Labute approximate surface area is 158 Å². The van der Waals surface area contributed by atoms with E-state index < -0.39 is 5.60 Å². The number of hydrogen-bond donors (Lipinski definition) is 2. The van der Waals surface area contributed by atoms with E-state index in [4.69, 9.17) is 0 Å². The second-order valence-electron chi connectivity index (χ2n) is 8.65. The topological polar surface area (TPSA) is 68.3 Å². The average Bonchev–Trinajstić information content (AvgIpc) is 3.38. The first-order valence-corrected chi connectivity index (χ1v) is 10.2. The summed E-state index contributed by atoms with van der Waals surface area (Å²) >= 11 is 0. The van der Waals surface area contributed by atoms with Crippen LogP contribution in [-0.4, -0.2) is 37.4 Å². The molecule has 1 aromatic carbocycles. The Morgan fingerprint density at radius 3 is 2.41 bits per heavy atom. The summed E-state index contributed by atoms with van der Waals surface area (Å²) < 4.78 is 15.3. The standard InChI is InChI=1S/C20H26FN5O/c21-15-7-5-14(6-8-15)20(27)11-17-9-10-18(12-20)25(17)13-19-22-23-24-26(19)16-3-1-2-4-16/h5-8,16-18,27H,1-4,9-13H2/p+1/t17-,18+,20?. The minimum Gasteiger partial charge on any atom is -0.385 e. The second-order valence-corrected chi connectivity index (χ2v) is 8.65. The number of rotatable bonds is 4. The van der Waals surface area contributed by atoms with E-state index in [1.807, 2.05) is 0 Å². The van der Waals surface area contributed by atoms with Gasteiger partial charge in [-0.2, -0.15) is 0 Å². The first-order valence-electron chi connectivity index (χ1n) is 10.2. The zero-order chi connectivity index (χ0) is 18.4. The smallest absolute Gasteiger partial charge is 0.206 e. The minimum atomic E-state index is -0.847. The van der Waals surface area contributed by atoms with Crippen molar-refractivity contribution in [1.82, 2.24) is 20.2 Å². The van der Waals surface area contributed by atoms with Crippen molar-refractivity contribution in [1.29, 1.82) is 0 Å². The Kier molecular flexibility index (Phi) is 4.24. The Balaban J connectivity index is 1.34. The van der Waals surface area contributed by atoms with Gasteiger partial charge >= 0.3 is 0 Å². The van der Waals surface area contributed by atoms with E-state index in [-0.39, 0.29) is 5.82 Å². The molecule has 2 saturated heterocycles. The molecule has 4 atom stereocenters. The van der Waals surface area contributed by atoms with Crippen molar-refractivity contribution in [2.45, 2.75) is 81.6 Å². The highest BCUT2D eigenvalue weighted by atomic mass is 19.1. The largest absolute Gasteiger partial charge is 0.385 e. The van der Waals surface area contributed by atoms with E-state index in [1.54, 1.807) is 12.1 Å². The fourth-order valence-corrected chi connectivity index (χ4v) is 5.70. The molecule has 2 N–H and O–H groups in total. The van der Waals surface area contributed by atoms with Gasteiger partial charge in [-0.3, -0.25) is 0 Å². The van der Waals surface area contributed by atoms with Crippen LogP contribution in [0.5, 0.6) is 0 Å². The third-order valence-electron chi connectivity index (χ3n) is 7.06. The minimum absolute atomic E-state index is 0.257.